The van der Waals surface area contributed by atoms with Gasteiger partial charge in [-0.25, -0.2) is 0 Å². The molecule has 0 spiro atoms. The van der Waals surface area contributed by atoms with Crippen LogP contribution in [0.4, 0.5) is 0 Å². The minimum Gasteiger partial charge on any atom is -0.394 e. The number of rotatable bonds is 44. The molecule has 0 aliphatic heterocycles. The van der Waals surface area contributed by atoms with Crippen LogP contribution in [0.15, 0.2) is 24.3 Å². The van der Waals surface area contributed by atoms with Crippen molar-refractivity contribution in [1.82, 2.24) is 5.32 Å². The van der Waals surface area contributed by atoms with Gasteiger partial charge in [-0.15, -0.1) is 0 Å². The minimum absolute atomic E-state index is 0.0376. The maximum atomic E-state index is 12.5. The molecule has 3 atom stereocenters. The Morgan fingerprint density at radius 1 is 0.481 bits per heavy atom. The first-order chi connectivity index (χ1) is 26.5. The molecule has 320 valence electrons. The van der Waals surface area contributed by atoms with Crippen molar-refractivity contribution in [2.75, 3.05) is 6.61 Å². The number of nitrogens with one attached hydrogen (secondary N) is 1. The van der Waals surface area contributed by atoms with Gasteiger partial charge in [-0.1, -0.05) is 237 Å². The van der Waals surface area contributed by atoms with E-state index in [1.54, 1.807) is 0 Å². The normalized spacial score (nSPS) is 13.6. The number of carbonyl (C=O) groups excluding carboxylic acids is 1. The predicted molar refractivity (Wildman–Crippen MR) is 236 cm³/mol. The van der Waals surface area contributed by atoms with Gasteiger partial charge in [-0.05, 0) is 38.5 Å². The van der Waals surface area contributed by atoms with Crippen molar-refractivity contribution < 1.29 is 20.1 Å². The third kappa shape index (κ3) is 40.5. The summed E-state index contributed by atoms with van der Waals surface area (Å²) in [7, 11) is 0. The second-order valence-corrected chi connectivity index (χ2v) is 16.7. The average molecular weight is 762 g/mol. The molecule has 0 fully saturated rings. The van der Waals surface area contributed by atoms with Gasteiger partial charge in [-0.3, -0.25) is 4.79 Å². The van der Waals surface area contributed by atoms with Gasteiger partial charge < -0.3 is 20.6 Å². The highest BCUT2D eigenvalue weighted by atomic mass is 16.3. The molecule has 0 bridgehead atoms. The number of amides is 1. The summed E-state index contributed by atoms with van der Waals surface area (Å²) in [5.74, 6) is -0.281. The van der Waals surface area contributed by atoms with Crippen LogP contribution in [-0.2, 0) is 4.79 Å². The second-order valence-electron chi connectivity index (χ2n) is 16.7. The fourth-order valence-electron chi connectivity index (χ4n) is 7.62. The van der Waals surface area contributed by atoms with Crippen molar-refractivity contribution in [1.29, 1.82) is 0 Å². The van der Waals surface area contributed by atoms with Gasteiger partial charge in [0.2, 0.25) is 5.91 Å². The molecule has 0 aromatic heterocycles. The van der Waals surface area contributed by atoms with E-state index >= 15 is 0 Å². The highest BCUT2D eigenvalue weighted by Crippen LogP contribution is 2.17. The number of aliphatic hydroxyl groups is 3. The van der Waals surface area contributed by atoms with Crippen molar-refractivity contribution in [3.05, 3.63) is 24.3 Å². The summed E-state index contributed by atoms with van der Waals surface area (Å²) in [6.07, 6.45) is 54.4. The van der Waals surface area contributed by atoms with Crippen LogP contribution in [0.1, 0.15) is 258 Å². The number of carbonyl (C=O) groups is 1. The Kier molecular flexibility index (Phi) is 43.6. The Labute approximate surface area is 337 Å². The third-order valence-electron chi connectivity index (χ3n) is 11.3. The molecule has 0 aromatic rings. The lowest BCUT2D eigenvalue weighted by atomic mass is 10.0. The first-order valence-corrected chi connectivity index (χ1v) is 24.1. The predicted octanol–water partition coefficient (Wildman–Crippen LogP) is 14.2. The zero-order valence-corrected chi connectivity index (χ0v) is 36.4. The third-order valence-corrected chi connectivity index (χ3v) is 11.3. The Bertz CT molecular complexity index is 799. The van der Waals surface area contributed by atoms with Crippen LogP contribution in [0, 0.1) is 0 Å². The first kappa shape index (κ1) is 52.8. The largest absolute Gasteiger partial charge is 0.394 e. The average Bonchev–Trinajstić information content (AvgIpc) is 3.16. The molecular formula is C49H95NO4. The van der Waals surface area contributed by atoms with Crippen LogP contribution in [0.2, 0.25) is 0 Å². The van der Waals surface area contributed by atoms with Crippen molar-refractivity contribution >= 4 is 5.91 Å². The second kappa shape index (κ2) is 44.5. The zero-order chi connectivity index (χ0) is 39.4. The van der Waals surface area contributed by atoms with E-state index in [9.17, 15) is 20.1 Å². The topological polar surface area (TPSA) is 89.8 Å². The van der Waals surface area contributed by atoms with E-state index in [4.69, 9.17) is 0 Å². The maximum Gasteiger partial charge on any atom is 0.222 e. The molecule has 0 heterocycles. The van der Waals surface area contributed by atoms with Crippen LogP contribution in [0.25, 0.3) is 0 Å². The van der Waals surface area contributed by atoms with Gasteiger partial charge >= 0.3 is 0 Å². The summed E-state index contributed by atoms with van der Waals surface area (Å²) in [6.45, 7) is 4.18. The van der Waals surface area contributed by atoms with Gasteiger partial charge in [0.25, 0.3) is 0 Å². The molecule has 5 nitrogen and oxygen atoms in total. The van der Waals surface area contributed by atoms with E-state index in [1.807, 2.05) is 0 Å². The van der Waals surface area contributed by atoms with E-state index in [0.717, 1.165) is 38.5 Å². The van der Waals surface area contributed by atoms with Crippen LogP contribution >= 0.6 is 0 Å². The van der Waals surface area contributed by atoms with Crippen molar-refractivity contribution in [3.63, 3.8) is 0 Å². The number of aliphatic hydroxyl groups excluding tert-OH is 3. The van der Waals surface area contributed by atoms with Gasteiger partial charge in [0.05, 0.1) is 31.3 Å². The van der Waals surface area contributed by atoms with E-state index in [2.05, 4.69) is 43.5 Å². The van der Waals surface area contributed by atoms with Crippen LogP contribution in [0.3, 0.4) is 0 Å². The SMILES string of the molecule is CC/C=C\C/C=C\CCCCCCCCCCCCCCC(O)CC(=O)NC(CO)C(O)CCCCCCCCCCCCCCCCCCCCCC. The Hall–Kier alpha value is -1.17. The summed E-state index contributed by atoms with van der Waals surface area (Å²) in [5, 5.41) is 33.5. The van der Waals surface area contributed by atoms with Gasteiger partial charge in [0.15, 0.2) is 0 Å². The monoisotopic (exact) mass is 762 g/mol. The van der Waals surface area contributed by atoms with Gasteiger partial charge in [-0.2, -0.15) is 0 Å². The molecule has 0 radical (unpaired) electrons. The molecule has 0 rings (SSSR count). The molecule has 0 aliphatic carbocycles. The quantitative estimate of drug-likeness (QED) is 0.0368. The van der Waals surface area contributed by atoms with E-state index < -0.39 is 18.2 Å². The highest BCUT2D eigenvalue weighted by molar-refractivity contribution is 5.76. The van der Waals surface area contributed by atoms with Crippen molar-refractivity contribution in [2.45, 2.75) is 276 Å². The summed E-state index contributed by atoms with van der Waals surface area (Å²) in [4.78, 5) is 12.5. The molecule has 0 aliphatic rings. The maximum absolute atomic E-state index is 12.5. The van der Waals surface area contributed by atoms with E-state index in [0.29, 0.717) is 12.8 Å². The fourth-order valence-corrected chi connectivity index (χ4v) is 7.62. The number of unbranched alkanes of at least 4 members (excludes halogenated alkanes) is 31. The summed E-state index contributed by atoms with van der Waals surface area (Å²) in [6, 6.07) is -0.657. The fraction of sp³-hybridized carbons (Fsp3) is 0.898. The lowest BCUT2D eigenvalue weighted by molar-refractivity contribution is -0.125. The van der Waals surface area contributed by atoms with E-state index in [-0.39, 0.29) is 18.9 Å². The Balaban J connectivity index is 3.56. The van der Waals surface area contributed by atoms with Gasteiger partial charge in [0.1, 0.15) is 0 Å². The zero-order valence-electron chi connectivity index (χ0n) is 36.4. The lowest BCUT2D eigenvalue weighted by Gasteiger charge is -2.23. The Morgan fingerprint density at radius 3 is 1.26 bits per heavy atom. The standard InChI is InChI=1S/C49H95NO4/c1-3-5-7-9-11-13-15-17-19-21-23-25-27-29-31-33-35-37-39-41-43-48(53)47(45-51)50-49(54)44-46(52)42-40-38-36-34-32-30-28-26-24-22-20-18-16-14-12-10-8-6-4-2/h6,8,12,14,46-48,51-53H,3-5,7,9-11,13,15-45H2,1-2H3,(H,50,54)/b8-6-,14-12-. The number of allylic oxidation sites excluding steroid dienone is 4. The van der Waals surface area contributed by atoms with Crippen molar-refractivity contribution in [2.24, 2.45) is 0 Å². The number of hydrogen-bond donors (Lipinski definition) is 4. The van der Waals surface area contributed by atoms with Crippen LogP contribution < -0.4 is 5.32 Å². The molecule has 54 heavy (non-hydrogen) atoms. The van der Waals surface area contributed by atoms with Crippen molar-refractivity contribution in [3.8, 4) is 0 Å². The molecule has 1 amide bonds. The summed E-state index contributed by atoms with van der Waals surface area (Å²) >= 11 is 0. The summed E-state index contributed by atoms with van der Waals surface area (Å²) < 4.78 is 0. The number of hydrogen-bond acceptors (Lipinski definition) is 4. The van der Waals surface area contributed by atoms with Crippen LogP contribution in [-0.4, -0.2) is 46.1 Å². The minimum atomic E-state index is -0.748. The van der Waals surface area contributed by atoms with E-state index in [1.165, 1.54) is 186 Å². The van der Waals surface area contributed by atoms with Crippen LogP contribution in [0.5, 0.6) is 0 Å². The summed E-state index contributed by atoms with van der Waals surface area (Å²) in [5.41, 5.74) is 0. The molecular weight excluding hydrogens is 667 g/mol. The highest BCUT2D eigenvalue weighted by Gasteiger charge is 2.21. The molecule has 5 heteroatoms. The molecule has 3 unspecified atom stereocenters. The van der Waals surface area contributed by atoms with Gasteiger partial charge in [0, 0.05) is 0 Å². The molecule has 0 saturated carbocycles. The molecule has 0 saturated heterocycles. The molecule has 4 N–H and O–H groups in total. The smallest absolute Gasteiger partial charge is 0.222 e. The lowest BCUT2D eigenvalue weighted by Crippen LogP contribution is -2.46. The first-order valence-electron chi connectivity index (χ1n) is 24.1. The Morgan fingerprint density at radius 2 is 0.852 bits per heavy atom. The molecule has 0 aromatic carbocycles.